The Morgan fingerprint density at radius 1 is 1.06 bits per heavy atom. The molecule has 2 heterocycles. The van der Waals surface area contributed by atoms with Gasteiger partial charge in [-0.3, -0.25) is 0 Å². The summed E-state index contributed by atoms with van der Waals surface area (Å²) in [6.07, 6.45) is 0. The van der Waals surface area contributed by atoms with Crippen molar-refractivity contribution in [1.29, 1.82) is 0 Å². The minimum absolute atomic E-state index is 0.213. The van der Waals surface area contributed by atoms with E-state index in [2.05, 4.69) is 15.6 Å². The lowest BCUT2D eigenvalue weighted by Gasteiger charge is -2.31. The molecule has 0 spiro atoms. The molecule has 1 aromatic carbocycles. The lowest BCUT2D eigenvalue weighted by molar-refractivity contribution is -0.138. The smallest absolute Gasteiger partial charge is 0.340 e. The number of halogens is 1. The molecule has 3 rings (SSSR count). The third-order valence-corrected chi connectivity index (χ3v) is 5.41. The highest BCUT2D eigenvalue weighted by Crippen LogP contribution is 2.34. The van der Waals surface area contributed by atoms with E-state index < -0.39 is 18.0 Å². The van der Waals surface area contributed by atoms with Crippen LogP contribution in [0.25, 0.3) is 5.70 Å². The van der Waals surface area contributed by atoms with Gasteiger partial charge in [-0.2, -0.15) is 0 Å². The monoisotopic (exact) mass is 461 g/mol. The van der Waals surface area contributed by atoms with Crippen LogP contribution in [0.1, 0.15) is 52.8 Å². The molecule has 0 amide bonds. The van der Waals surface area contributed by atoms with Crippen molar-refractivity contribution in [2.45, 2.75) is 33.7 Å². The molecule has 1 aromatic heterocycles. The predicted octanol–water partition coefficient (Wildman–Crippen LogP) is 3.95. The number of aromatic amines is 1. The van der Waals surface area contributed by atoms with Gasteiger partial charge in [0.2, 0.25) is 0 Å². The summed E-state index contributed by atoms with van der Waals surface area (Å²) < 4.78 is 10.5. The van der Waals surface area contributed by atoms with Crippen LogP contribution in [0.3, 0.4) is 0 Å². The Morgan fingerprint density at radius 2 is 1.68 bits per heavy atom. The van der Waals surface area contributed by atoms with Crippen molar-refractivity contribution < 1.29 is 19.1 Å². The fourth-order valence-electron chi connectivity index (χ4n) is 3.61. The van der Waals surface area contributed by atoms with Crippen molar-refractivity contribution in [3.8, 4) is 0 Å². The average molecular weight is 462 g/mol. The maximum Gasteiger partial charge on any atom is 0.340 e. The molecule has 0 saturated carbocycles. The minimum atomic E-state index is -0.561. The van der Waals surface area contributed by atoms with Gasteiger partial charge in [0.1, 0.15) is 0 Å². The fourth-order valence-corrected chi connectivity index (χ4v) is 3.95. The normalized spacial score (nSPS) is 15.9. The zero-order valence-corrected chi connectivity index (χ0v) is 19.3. The van der Waals surface area contributed by atoms with E-state index in [0.29, 0.717) is 43.9 Å². The lowest BCUT2D eigenvalue weighted by atomic mass is 9.93. The van der Waals surface area contributed by atoms with Crippen LogP contribution in [0.15, 0.2) is 29.8 Å². The number of hydrogen-bond donors (Lipinski definition) is 3. The molecule has 0 aliphatic carbocycles. The second-order valence-corrected chi connectivity index (χ2v) is 7.78. The number of carbonyl (C=O) groups excluding carboxylic acids is 2. The molecule has 2 aromatic rings. The number of aromatic nitrogens is 1. The van der Waals surface area contributed by atoms with Crippen molar-refractivity contribution in [3.63, 3.8) is 0 Å². The van der Waals surface area contributed by atoms with Crippen LogP contribution in [0.2, 0.25) is 5.02 Å². The van der Waals surface area contributed by atoms with Crippen molar-refractivity contribution in [1.82, 2.24) is 15.6 Å². The number of esters is 2. The van der Waals surface area contributed by atoms with E-state index in [4.69, 9.17) is 33.3 Å². The number of hydrogen-bond acceptors (Lipinski definition) is 5. The van der Waals surface area contributed by atoms with Crippen LogP contribution in [0.4, 0.5) is 0 Å². The molecule has 3 N–H and O–H groups in total. The first-order valence-corrected chi connectivity index (χ1v) is 10.7. The Hall–Kier alpha value is -2.84. The van der Waals surface area contributed by atoms with E-state index in [0.717, 1.165) is 5.56 Å². The maximum atomic E-state index is 13.0. The minimum Gasteiger partial charge on any atom is -0.463 e. The summed E-state index contributed by atoms with van der Waals surface area (Å²) in [5.74, 6) is -0.923. The van der Waals surface area contributed by atoms with Crippen LogP contribution < -0.4 is 10.6 Å². The summed E-state index contributed by atoms with van der Waals surface area (Å²) in [6.45, 7) is 7.55. The first-order valence-electron chi connectivity index (χ1n) is 9.89. The molecular formula is C22H24ClN3O4S. The highest BCUT2D eigenvalue weighted by Gasteiger charge is 2.35. The van der Waals surface area contributed by atoms with Crippen molar-refractivity contribution >= 4 is 46.6 Å². The molecule has 9 heteroatoms. The van der Waals surface area contributed by atoms with Gasteiger partial charge in [-0.1, -0.05) is 23.7 Å². The summed E-state index contributed by atoms with van der Waals surface area (Å²) in [4.78, 5) is 28.7. The quantitative estimate of drug-likeness (QED) is 0.443. The highest BCUT2D eigenvalue weighted by atomic mass is 35.5. The lowest BCUT2D eigenvalue weighted by Crippen LogP contribution is -2.45. The number of carbonyl (C=O) groups is 2. The summed E-state index contributed by atoms with van der Waals surface area (Å²) in [5.41, 5.74) is 3.89. The molecule has 0 saturated heterocycles. The fraction of sp³-hybridized carbons (Fsp3) is 0.318. The van der Waals surface area contributed by atoms with Gasteiger partial charge in [-0.05, 0) is 63.2 Å². The third-order valence-electron chi connectivity index (χ3n) is 4.94. The SMILES string of the molecule is CCOC(=O)C1=C(c2[nH]c(C)c(C(=O)OCC)c2C)NC(=S)N[C@H]1c1ccc(Cl)cc1. The molecule has 0 unspecified atom stereocenters. The van der Waals surface area contributed by atoms with E-state index in [1.165, 1.54) is 0 Å². The third kappa shape index (κ3) is 4.60. The zero-order valence-electron chi connectivity index (χ0n) is 17.7. The first-order chi connectivity index (χ1) is 14.8. The van der Waals surface area contributed by atoms with Gasteiger partial charge in [0.15, 0.2) is 5.11 Å². The maximum absolute atomic E-state index is 13.0. The van der Waals surface area contributed by atoms with Gasteiger partial charge < -0.3 is 25.1 Å². The predicted molar refractivity (Wildman–Crippen MR) is 123 cm³/mol. The molecule has 1 aliphatic rings. The van der Waals surface area contributed by atoms with Crippen LogP contribution in [0, 0.1) is 13.8 Å². The van der Waals surface area contributed by atoms with E-state index in [1.807, 2.05) is 12.1 Å². The summed E-state index contributed by atoms with van der Waals surface area (Å²) in [6, 6.07) is 6.57. The van der Waals surface area contributed by atoms with Crippen molar-refractivity contribution in [2.24, 2.45) is 0 Å². The van der Waals surface area contributed by atoms with E-state index >= 15 is 0 Å². The molecule has 7 nitrogen and oxygen atoms in total. The number of thiocarbonyl (C=S) groups is 1. The number of aryl methyl sites for hydroxylation is 1. The van der Waals surface area contributed by atoms with Crippen molar-refractivity contribution in [2.75, 3.05) is 13.2 Å². The largest absolute Gasteiger partial charge is 0.463 e. The van der Waals surface area contributed by atoms with Gasteiger partial charge >= 0.3 is 11.9 Å². The Bertz CT molecular complexity index is 1060. The van der Waals surface area contributed by atoms with Crippen LogP contribution in [0.5, 0.6) is 0 Å². The molecular weight excluding hydrogens is 438 g/mol. The molecule has 0 bridgehead atoms. The van der Waals surface area contributed by atoms with Gasteiger partial charge in [-0.25, -0.2) is 9.59 Å². The number of H-pyrrole nitrogens is 1. The number of nitrogens with one attached hydrogen (secondary N) is 3. The second kappa shape index (κ2) is 9.53. The molecule has 164 valence electrons. The summed E-state index contributed by atoms with van der Waals surface area (Å²) in [5, 5.41) is 7.13. The Labute approximate surface area is 191 Å². The van der Waals surface area contributed by atoms with Gasteiger partial charge in [0.25, 0.3) is 0 Å². The van der Waals surface area contributed by atoms with Gasteiger partial charge in [0, 0.05) is 10.7 Å². The molecule has 1 atom stereocenters. The average Bonchev–Trinajstić information content (AvgIpc) is 3.02. The molecule has 0 fully saturated rings. The van der Waals surface area contributed by atoms with E-state index in [-0.39, 0.29) is 13.2 Å². The van der Waals surface area contributed by atoms with Gasteiger partial charge in [-0.15, -0.1) is 0 Å². The highest BCUT2D eigenvalue weighted by molar-refractivity contribution is 7.80. The van der Waals surface area contributed by atoms with Gasteiger partial charge in [0.05, 0.1) is 41.8 Å². The number of ether oxygens (including phenoxy) is 2. The Morgan fingerprint density at radius 3 is 2.29 bits per heavy atom. The molecule has 31 heavy (non-hydrogen) atoms. The first kappa shape index (κ1) is 22.8. The van der Waals surface area contributed by atoms with Crippen LogP contribution in [-0.4, -0.2) is 35.2 Å². The zero-order chi connectivity index (χ0) is 22.7. The van der Waals surface area contributed by atoms with E-state index in [9.17, 15) is 9.59 Å². The number of benzene rings is 1. The summed E-state index contributed by atoms with van der Waals surface area (Å²) >= 11 is 11.5. The summed E-state index contributed by atoms with van der Waals surface area (Å²) in [7, 11) is 0. The van der Waals surface area contributed by atoms with Crippen LogP contribution in [-0.2, 0) is 14.3 Å². The molecule has 1 aliphatic heterocycles. The van der Waals surface area contributed by atoms with Crippen molar-refractivity contribution in [3.05, 3.63) is 62.9 Å². The van der Waals surface area contributed by atoms with E-state index in [1.54, 1.807) is 39.8 Å². The standard InChI is InChI=1S/C22H24ClN3O4S/c1-5-29-20(27)15-11(3)17(24-12(15)4)19-16(21(28)30-6-2)18(25-22(31)26-19)13-7-9-14(23)10-8-13/h7-10,18,24H,5-6H2,1-4H3,(H2,25,26,31)/t18-/m0/s1. The Balaban J connectivity index is 2.22. The topological polar surface area (TPSA) is 92.5 Å². The number of rotatable bonds is 6. The molecule has 0 radical (unpaired) electrons. The second-order valence-electron chi connectivity index (χ2n) is 6.94. The Kier molecular flexibility index (Phi) is 7.02. The van der Waals surface area contributed by atoms with Crippen LogP contribution >= 0.6 is 23.8 Å².